The third-order valence-electron chi connectivity index (χ3n) is 3.78. The Morgan fingerprint density at radius 1 is 0.964 bits per heavy atom. The third kappa shape index (κ3) is 6.70. The lowest BCUT2D eigenvalue weighted by Gasteiger charge is -2.09. The Balaban J connectivity index is 1.73. The van der Waals surface area contributed by atoms with Crippen molar-refractivity contribution in [2.45, 2.75) is 26.7 Å². The minimum atomic E-state index is -0.457. The summed E-state index contributed by atoms with van der Waals surface area (Å²) in [5.41, 5.74) is 6.66. The van der Waals surface area contributed by atoms with E-state index in [1.807, 2.05) is 13.8 Å². The number of halogens is 1. The zero-order valence-corrected chi connectivity index (χ0v) is 17.3. The van der Waals surface area contributed by atoms with Crippen LogP contribution in [0.15, 0.2) is 46.9 Å². The molecule has 0 aliphatic heterocycles. The highest BCUT2D eigenvalue weighted by Crippen LogP contribution is 2.17. The van der Waals surface area contributed by atoms with Crippen molar-refractivity contribution in [2.24, 2.45) is 0 Å². The molecule has 0 fully saturated rings. The van der Waals surface area contributed by atoms with Gasteiger partial charge in [0.05, 0.1) is 6.61 Å². The first-order valence-corrected chi connectivity index (χ1v) is 9.56. The van der Waals surface area contributed by atoms with E-state index in [1.165, 1.54) is 0 Å². The highest BCUT2D eigenvalue weighted by Gasteiger charge is 2.11. The smallest absolute Gasteiger partial charge is 0.269 e. The van der Waals surface area contributed by atoms with Crippen LogP contribution in [0.1, 0.15) is 35.7 Å². The number of rotatable bonds is 7. The van der Waals surface area contributed by atoms with Gasteiger partial charge in [0, 0.05) is 28.6 Å². The fourth-order valence-electron chi connectivity index (χ4n) is 2.25. The predicted octanol–water partition coefficient (Wildman–Crippen LogP) is 3.34. The van der Waals surface area contributed by atoms with Gasteiger partial charge in [-0.25, -0.2) is 0 Å². The molecule has 7 nitrogen and oxygen atoms in total. The summed E-state index contributed by atoms with van der Waals surface area (Å²) in [4.78, 5) is 35.8. The summed E-state index contributed by atoms with van der Waals surface area (Å²) in [7, 11) is 0. The number of anilines is 1. The molecule has 0 bridgehead atoms. The molecule has 0 radical (unpaired) electrons. The van der Waals surface area contributed by atoms with Crippen LogP contribution in [-0.4, -0.2) is 24.3 Å². The second-order valence-corrected chi connectivity index (χ2v) is 6.83. The first-order valence-electron chi connectivity index (χ1n) is 8.77. The summed E-state index contributed by atoms with van der Waals surface area (Å²) in [6.45, 7) is 4.37. The zero-order valence-electron chi connectivity index (χ0n) is 15.7. The maximum absolute atomic E-state index is 12.0. The van der Waals surface area contributed by atoms with Crippen LogP contribution in [0.4, 0.5) is 5.69 Å². The molecule has 2 aromatic carbocycles. The molecule has 3 N–H and O–H groups in total. The van der Waals surface area contributed by atoms with Crippen LogP contribution in [0.2, 0.25) is 0 Å². The lowest BCUT2D eigenvalue weighted by molar-refractivity contribution is -0.124. The average molecular weight is 448 g/mol. The van der Waals surface area contributed by atoms with Gasteiger partial charge in [-0.3, -0.25) is 25.2 Å². The molecule has 148 valence electrons. The van der Waals surface area contributed by atoms with Crippen LogP contribution in [0.5, 0.6) is 5.75 Å². The largest absolute Gasteiger partial charge is 0.494 e. The van der Waals surface area contributed by atoms with E-state index >= 15 is 0 Å². The number of amides is 3. The fraction of sp³-hybridized carbons (Fsp3) is 0.250. The van der Waals surface area contributed by atoms with Crippen molar-refractivity contribution in [2.75, 3.05) is 11.9 Å². The van der Waals surface area contributed by atoms with Gasteiger partial charge in [0.1, 0.15) is 5.75 Å². The third-order valence-corrected chi connectivity index (χ3v) is 4.63. The van der Waals surface area contributed by atoms with Crippen molar-refractivity contribution in [3.05, 3.63) is 58.1 Å². The molecule has 0 saturated heterocycles. The van der Waals surface area contributed by atoms with Gasteiger partial charge in [-0.15, -0.1) is 0 Å². The van der Waals surface area contributed by atoms with Crippen molar-refractivity contribution < 1.29 is 19.1 Å². The Hall–Kier alpha value is -2.87. The molecule has 0 aliphatic carbocycles. The number of carbonyl (C=O) groups is 3. The molecule has 0 heterocycles. The monoisotopic (exact) mass is 447 g/mol. The van der Waals surface area contributed by atoms with Gasteiger partial charge in [0.15, 0.2) is 0 Å². The van der Waals surface area contributed by atoms with Gasteiger partial charge in [0.2, 0.25) is 11.8 Å². The average Bonchev–Trinajstić information content (AvgIpc) is 2.68. The van der Waals surface area contributed by atoms with Crippen molar-refractivity contribution in [1.29, 1.82) is 0 Å². The Morgan fingerprint density at radius 2 is 1.64 bits per heavy atom. The standard InChI is InChI=1S/C20H22BrN3O4/c1-3-28-16-8-6-15(7-9-16)22-18(25)10-11-19(26)23-24-20(27)14-5-4-13(2)17(21)12-14/h4-9,12H,3,10-11H2,1-2H3,(H,22,25)(H,23,26)(H,24,27). The number of carbonyl (C=O) groups excluding carboxylic acids is 3. The molecule has 8 heteroatoms. The first kappa shape index (κ1) is 21.4. The number of hydrazine groups is 1. The fourth-order valence-corrected chi connectivity index (χ4v) is 2.63. The molecule has 0 unspecified atom stereocenters. The Morgan fingerprint density at radius 3 is 2.29 bits per heavy atom. The van der Waals surface area contributed by atoms with E-state index in [2.05, 4.69) is 32.1 Å². The Kier molecular flexibility index (Phi) is 8.01. The van der Waals surface area contributed by atoms with Crippen molar-refractivity contribution in [3.8, 4) is 5.75 Å². The molecule has 3 amide bonds. The summed E-state index contributed by atoms with van der Waals surface area (Å²) < 4.78 is 6.14. The van der Waals surface area contributed by atoms with Gasteiger partial charge in [0.25, 0.3) is 5.91 Å². The summed E-state index contributed by atoms with van der Waals surface area (Å²) >= 11 is 3.36. The zero-order chi connectivity index (χ0) is 20.5. The maximum Gasteiger partial charge on any atom is 0.269 e. The highest BCUT2D eigenvalue weighted by molar-refractivity contribution is 9.10. The van der Waals surface area contributed by atoms with Crippen molar-refractivity contribution >= 4 is 39.3 Å². The summed E-state index contributed by atoms with van der Waals surface area (Å²) in [5, 5.41) is 2.70. The van der Waals surface area contributed by atoms with Crippen LogP contribution >= 0.6 is 15.9 Å². The second kappa shape index (κ2) is 10.5. The summed E-state index contributed by atoms with van der Waals surface area (Å²) in [5.74, 6) is -0.474. The van der Waals surface area contributed by atoms with Crippen LogP contribution in [0.25, 0.3) is 0 Å². The van der Waals surface area contributed by atoms with Gasteiger partial charge in [-0.05, 0) is 55.8 Å². The second-order valence-electron chi connectivity index (χ2n) is 5.97. The molecular formula is C20H22BrN3O4. The van der Waals surface area contributed by atoms with Crippen molar-refractivity contribution in [1.82, 2.24) is 10.9 Å². The van der Waals surface area contributed by atoms with Crippen LogP contribution in [0.3, 0.4) is 0 Å². The Labute approximate surface area is 171 Å². The van der Waals surface area contributed by atoms with Gasteiger partial charge in [-0.1, -0.05) is 22.0 Å². The number of ether oxygens (including phenoxy) is 1. The minimum absolute atomic E-state index is 0.00893. The van der Waals surface area contributed by atoms with Crippen molar-refractivity contribution in [3.63, 3.8) is 0 Å². The number of aryl methyl sites for hydroxylation is 1. The topological polar surface area (TPSA) is 96.5 Å². The number of hydrogen-bond donors (Lipinski definition) is 3. The minimum Gasteiger partial charge on any atom is -0.494 e. The molecule has 0 spiro atoms. The molecule has 2 rings (SSSR count). The lowest BCUT2D eigenvalue weighted by Crippen LogP contribution is -2.41. The summed E-state index contributed by atoms with van der Waals surface area (Å²) in [6.07, 6.45) is -0.0638. The van der Waals surface area contributed by atoms with E-state index < -0.39 is 11.8 Å². The van der Waals surface area contributed by atoms with Crippen LogP contribution < -0.4 is 20.9 Å². The number of nitrogens with one attached hydrogen (secondary N) is 3. The molecule has 0 aliphatic rings. The van der Waals surface area contributed by atoms with Crippen LogP contribution in [-0.2, 0) is 9.59 Å². The first-order chi connectivity index (χ1) is 13.4. The molecule has 0 aromatic heterocycles. The SMILES string of the molecule is CCOc1ccc(NC(=O)CCC(=O)NNC(=O)c2ccc(C)c(Br)c2)cc1. The van der Waals surface area contributed by atoms with E-state index in [1.54, 1.807) is 42.5 Å². The van der Waals surface area contributed by atoms with E-state index in [9.17, 15) is 14.4 Å². The van der Waals surface area contributed by atoms with E-state index in [-0.39, 0.29) is 18.7 Å². The predicted molar refractivity (Wildman–Crippen MR) is 110 cm³/mol. The van der Waals surface area contributed by atoms with E-state index in [0.29, 0.717) is 17.9 Å². The quantitative estimate of drug-likeness (QED) is 0.567. The van der Waals surface area contributed by atoms with E-state index in [4.69, 9.17) is 4.74 Å². The number of benzene rings is 2. The van der Waals surface area contributed by atoms with Crippen LogP contribution in [0, 0.1) is 6.92 Å². The van der Waals surface area contributed by atoms with Gasteiger partial charge in [-0.2, -0.15) is 0 Å². The van der Waals surface area contributed by atoms with Gasteiger partial charge < -0.3 is 10.1 Å². The normalized spacial score (nSPS) is 10.1. The number of hydrogen-bond acceptors (Lipinski definition) is 4. The highest BCUT2D eigenvalue weighted by atomic mass is 79.9. The van der Waals surface area contributed by atoms with Gasteiger partial charge >= 0.3 is 0 Å². The molecule has 0 saturated carbocycles. The molecule has 28 heavy (non-hydrogen) atoms. The summed E-state index contributed by atoms with van der Waals surface area (Å²) in [6, 6.07) is 12.1. The van der Waals surface area contributed by atoms with E-state index in [0.717, 1.165) is 15.8 Å². The molecular weight excluding hydrogens is 426 g/mol. The lowest BCUT2D eigenvalue weighted by atomic mass is 10.1. The molecule has 0 atom stereocenters. The molecule has 2 aromatic rings. The Bertz CT molecular complexity index is 853. The maximum atomic E-state index is 12.0.